The van der Waals surface area contributed by atoms with E-state index in [0.717, 1.165) is 5.56 Å². The molecule has 2 aromatic carbocycles. The van der Waals surface area contributed by atoms with Crippen molar-refractivity contribution in [1.29, 1.82) is 0 Å². The third kappa shape index (κ3) is 3.18. The molecule has 0 unspecified atom stereocenters. The summed E-state index contributed by atoms with van der Waals surface area (Å²) in [5, 5.41) is 10.6. The summed E-state index contributed by atoms with van der Waals surface area (Å²) in [6.07, 6.45) is -0.294. The lowest BCUT2D eigenvalue weighted by Gasteiger charge is -2.24. The average molecular weight is 356 g/mol. The molecule has 2 heterocycles. The van der Waals surface area contributed by atoms with Gasteiger partial charge in [0.1, 0.15) is 17.7 Å². The SMILES string of the molecule is O=C(Nc1ccc(F)cc1)c1nnn2c1CO[C@H](c1ccc(F)cc1)C2. The van der Waals surface area contributed by atoms with Crippen molar-refractivity contribution in [3.05, 3.63) is 77.1 Å². The Hall–Kier alpha value is -3.13. The second kappa shape index (κ2) is 6.64. The number of ether oxygens (including phenoxy) is 1. The molecule has 1 amide bonds. The summed E-state index contributed by atoms with van der Waals surface area (Å²) in [6.45, 7) is 0.527. The minimum Gasteiger partial charge on any atom is -0.365 e. The summed E-state index contributed by atoms with van der Waals surface area (Å²) in [5.41, 5.74) is 2.00. The normalized spacial score (nSPS) is 16.2. The van der Waals surface area contributed by atoms with Crippen LogP contribution < -0.4 is 5.32 Å². The first-order valence-electron chi connectivity index (χ1n) is 7.96. The van der Waals surface area contributed by atoms with Gasteiger partial charge in [-0.05, 0) is 42.0 Å². The quantitative estimate of drug-likeness (QED) is 0.783. The number of hydrogen-bond donors (Lipinski definition) is 1. The highest BCUT2D eigenvalue weighted by molar-refractivity contribution is 6.03. The van der Waals surface area contributed by atoms with Crippen LogP contribution in [0.1, 0.15) is 27.8 Å². The maximum Gasteiger partial charge on any atom is 0.278 e. The minimum absolute atomic E-state index is 0.154. The van der Waals surface area contributed by atoms with Gasteiger partial charge >= 0.3 is 0 Å². The highest BCUT2D eigenvalue weighted by Crippen LogP contribution is 2.27. The van der Waals surface area contributed by atoms with Crippen molar-refractivity contribution in [1.82, 2.24) is 15.0 Å². The molecule has 1 N–H and O–H groups in total. The Morgan fingerprint density at radius 1 is 1.08 bits per heavy atom. The number of carbonyl (C=O) groups is 1. The molecule has 132 valence electrons. The highest BCUT2D eigenvalue weighted by Gasteiger charge is 2.27. The van der Waals surface area contributed by atoms with E-state index in [-0.39, 0.29) is 30.0 Å². The number of rotatable bonds is 3. The van der Waals surface area contributed by atoms with Gasteiger partial charge in [0.05, 0.1) is 18.8 Å². The van der Waals surface area contributed by atoms with Crippen molar-refractivity contribution in [3.8, 4) is 0 Å². The van der Waals surface area contributed by atoms with Gasteiger partial charge in [0, 0.05) is 5.69 Å². The predicted molar refractivity (Wildman–Crippen MR) is 88.3 cm³/mol. The molecule has 1 aromatic heterocycles. The van der Waals surface area contributed by atoms with Gasteiger partial charge in [-0.1, -0.05) is 17.3 Å². The molecule has 0 saturated carbocycles. The largest absolute Gasteiger partial charge is 0.365 e. The predicted octanol–water partition coefficient (Wildman–Crippen LogP) is 3.08. The first-order chi connectivity index (χ1) is 12.6. The number of halogens is 2. The number of anilines is 1. The second-order valence-electron chi connectivity index (χ2n) is 5.88. The number of fused-ring (bicyclic) bond motifs is 1. The molecule has 8 heteroatoms. The van der Waals surface area contributed by atoms with Gasteiger partial charge in [-0.3, -0.25) is 4.79 Å². The Bertz CT molecular complexity index is 939. The maximum absolute atomic E-state index is 13.1. The van der Waals surface area contributed by atoms with E-state index in [0.29, 0.717) is 17.9 Å². The minimum atomic E-state index is -0.443. The molecule has 0 spiro atoms. The zero-order valence-corrected chi connectivity index (χ0v) is 13.5. The van der Waals surface area contributed by atoms with E-state index in [4.69, 9.17) is 4.74 Å². The third-order valence-corrected chi connectivity index (χ3v) is 4.16. The van der Waals surface area contributed by atoms with E-state index in [1.165, 1.54) is 36.4 Å². The first kappa shape index (κ1) is 16.3. The number of aromatic nitrogens is 3. The van der Waals surface area contributed by atoms with E-state index in [2.05, 4.69) is 15.6 Å². The van der Waals surface area contributed by atoms with Crippen LogP contribution in [-0.4, -0.2) is 20.9 Å². The molecular formula is C18H14F2N4O2. The number of hydrogen-bond acceptors (Lipinski definition) is 4. The lowest BCUT2D eigenvalue weighted by molar-refractivity contribution is -0.00174. The highest BCUT2D eigenvalue weighted by atomic mass is 19.1. The van der Waals surface area contributed by atoms with Gasteiger partial charge < -0.3 is 10.1 Å². The Labute approximate surface area is 147 Å². The molecule has 0 fully saturated rings. The molecule has 0 saturated heterocycles. The number of nitrogens with zero attached hydrogens (tertiary/aromatic N) is 3. The molecule has 26 heavy (non-hydrogen) atoms. The van der Waals surface area contributed by atoms with Crippen molar-refractivity contribution < 1.29 is 18.3 Å². The van der Waals surface area contributed by atoms with E-state index in [1.54, 1.807) is 16.8 Å². The van der Waals surface area contributed by atoms with Crippen molar-refractivity contribution in [2.45, 2.75) is 19.3 Å². The van der Waals surface area contributed by atoms with E-state index in [1.807, 2.05) is 0 Å². The molecule has 0 bridgehead atoms. The summed E-state index contributed by atoms with van der Waals surface area (Å²) >= 11 is 0. The Morgan fingerprint density at radius 2 is 1.73 bits per heavy atom. The molecule has 0 aliphatic carbocycles. The van der Waals surface area contributed by atoms with Crippen LogP contribution in [0.5, 0.6) is 0 Å². The Balaban J connectivity index is 1.51. The molecule has 1 aliphatic rings. The van der Waals surface area contributed by atoms with E-state index >= 15 is 0 Å². The van der Waals surface area contributed by atoms with Crippen LogP contribution in [0, 0.1) is 11.6 Å². The fraction of sp³-hybridized carbons (Fsp3) is 0.167. The Kier molecular flexibility index (Phi) is 4.18. The maximum atomic E-state index is 13.1. The zero-order valence-electron chi connectivity index (χ0n) is 13.5. The number of nitrogens with one attached hydrogen (secondary N) is 1. The van der Waals surface area contributed by atoms with Gasteiger partial charge in [-0.2, -0.15) is 0 Å². The second-order valence-corrected chi connectivity index (χ2v) is 5.88. The standard InChI is InChI=1S/C18H14F2N4O2/c19-12-3-1-11(2-4-12)16-9-24-15(10-26-16)17(22-23-24)18(25)21-14-7-5-13(20)6-8-14/h1-8,16H,9-10H2,(H,21,25)/t16-/m0/s1. The molecule has 1 aliphatic heterocycles. The van der Waals surface area contributed by atoms with Crippen LogP contribution in [0.2, 0.25) is 0 Å². The molecule has 4 rings (SSSR count). The first-order valence-corrected chi connectivity index (χ1v) is 7.96. The molecule has 6 nitrogen and oxygen atoms in total. The summed E-state index contributed by atoms with van der Waals surface area (Å²) in [7, 11) is 0. The fourth-order valence-electron chi connectivity index (χ4n) is 2.79. The summed E-state index contributed by atoms with van der Waals surface area (Å²) in [5.74, 6) is -1.14. The number of carbonyl (C=O) groups excluding carboxylic acids is 1. The van der Waals surface area contributed by atoms with Crippen molar-refractivity contribution in [2.75, 3.05) is 5.32 Å². The third-order valence-electron chi connectivity index (χ3n) is 4.16. The van der Waals surface area contributed by atoms with E-state index in [9.17, 15) is 13.6 Å². The monoisotopic (exact) mass is 356 g/mol. The summed E-state index contributed by atoms with van der Waals surface area (Å²) in [4.78, 5) is 12.4. The van der Waals surface area contributed by atoms with Crippen LogP contribution in [0.25, 0.3) is 0 Å². The van der Waals surface area contributed by atoms with Crippen LogP contribution in [0.3, 0.4) is 0 Å². The lowest BCUT2D eigenvalue weighted by Crippen LogP contribution is -2.24. The van der Waals surface area contributed by atoms with Crippen molar-refractivity contribution in [2.24, 2.45) is 0 Å². The Morgan fingerprint density at radius 3 is 2.42 bits per heavy atom. The fourth-order valence-corrected chi connectivity index (χ4v) is 2.79. The van der Waals surface area contributed by atoms with E-state index < -0.39 is 5.91 Å². The van der Waals surface area contributed by atoms with Crippen molar-refractivity contribution in [3.63, 3.8) is 0 Å². The van der Waals surface area contributed by atoms with Gasteiger partial charge in [-0.15, -0.1) is 5.10 Å². The zero-order chi connectivity index (χ0) is 18.1. The smallest absolute Gasteiger partial charge is 0.278 e. The lowest BCUT2D eigenvalue weighted by atomic mass is 10.1. The topological polar surface area (TPSA) is 69.0 Å². The van der Waals surface area contributed by atoms with Crippen LogP contribution >= 0.6 is 0 Å². The molecule has 3 aromatic rings. The van der Waals surface area contributed by atoms with Gasteiger partial charge in [0.2, 0.25) is 0 Å². The van der Waals surface area contributed by atoms with Gasteiger partial charge in [0.15, 0.2) is 5.69 Å². The van der Waals surface area contributed by atoms with Crippen LogP contribution in [0.15, 0.2) is 48.5 Å². The molecule has 0 radical (unpaired) electrons. The van der Waals surface area contributed by atoms with Crippen LogP contribution in [-0.2, 0) is 17.9 Å². The molecule has 1 atom stereocenters. The summed E-state index contributed by atoms with van der Waals surface area (Å²) < 4.78 is 33.4. The van der Waals surface area contributed by atoms with Crippen LogP contribution in [0.4, 0.5) is 14.5 Å². The summed E-state index contributed by atoms with van der Waals surface area (Å²) in [6, 6.07) is 11.5. The molecular weight excluding hydrogens is 342 g/mol. The number of benzene rings is 2. The van der Waals surface area contributed by atoms with Gasteiger partial charge in [-0.25, -0.2) is 13.5 Å². The average Bonchev–Trinajstić information content (AvgIpc) is 3.07. The number of amides is 1. The van der Waals surface area contributed by atoms with Crippen molar-refractivity contribution >= 4 is 11.6 Å². The van der Waals surface area contributed by atoms with Gasteiger partial charge in [0.25, 0.3) is 5.91 Å².